The van der Waals surface area contributed by atoms with E-state index in [9.17, 15) is 9.59 Å². The van der Waals surface area contributed by atoms with Gasteiger partial charge in [0.1, 0.15) is 0 Å². The molecule has 1 atom stereocenters. The third-order valence-corrected chi connectivity index (χ3v) is 5.82. The molecule has 0 amide bonds. The maximum atomic E-state index is 13.0. The van der Waals surface area contributed by atoms with Crippen molar-refractivity contribution in [3.05, 3.63) is 75.2 Å². The van der Waals surface area contributed by atoms with Crippen molar-refractivity contribution in [2.75, 3.05) is 18.0 Å². The highest BCUT2D eigenvalue weighted by Gasteiger charge is 2.28. The Labute approximate surface area is 177 Å². The average Bonchev–Trinajstić information content (AvgIpc) is 2.76. The molecule has 1 saturated heterocycles. The van der Waals surface area contributed by atoms with Gasteiger partial charge in [-0.1, -0.05) is 28.1 Å². The van der Waals surface area contributed by atoms with Gasteiger partial charge in [0, 0.05) is 60.1 Å². The fourth-order valence-electron chi connectivity index (χ4n) is 3.70. The van der Waals surface area contributed by atoms with E-state index in [1.165, 1.54) is 6.07 Å². The molecule has 1 fully saturated rings. The molecule has 3 aromatic rings. The molecule has 1 aliphatic heterocycles. The molecule has 0 aliphatic carbocycles. The molecule has 0 spiro atoms. The summed E-state index contributed by atoms with van der Waals surface area (Å²) in [6.45, 7) is 1.32. The van der Waals surface area contributed by atoms with Crippen molar-refractivity contribution in [3.8, 4) is 11.3 Å². The second-order valence-electron chi connectivity index (χ2n) is 7.23. The summed E-state index contributed by atoms with van der Waals surface area (Å²) in [7, 11) is 1.72. The van der Waals surface area contributed by atoms with Crippen LogP contribution in [0.25, 0.3) is 11.3 Å². The van der Waals surface area contributed by atoms with Gasteiger partial charge in [0.25, 0.3) is 5.56 Å². The number of carbonyl (C=O) groups is 1. The number of halogens is 1. The molecule has 6 nitrogen and oxygen atoms in total. The second kappa shape index (κ2) is 8.29. The zero-order valence-corrected chi connectivity index (χ0v) is 17.7. The molecule has 0 saturated carbocycles. The number of Topliss-reactive ketones (excluding diaryl/α,β-unsaturated/α-hetero) is 1. The third kappa shape index (κ3) is 4.15. The summed E-state index contributed by atoms with van der Waals surface area (Å²) in [6.07, 6.45) is 5.08. The van der Waals surface area contributed by atoms with Crippen molar-refractivity contribution in [2.24, 2.45) is 13.0 Å². The van der Waals surface area contributed by atoms with Crippen molar-refractivity contribution in [2.45, 2.75) is 12.8 Å². The second-order valence-corrected chi connectivity index (χ2v) is 8.15. The fourth-order valence-corrected chi connectivity index (χ4v) is 3.97. The van der Waals surface area contributed by atoms with Gasteiger partial charge in [0.2, 0.25) is 5.95 Å². The molecule has 3 heterocycles. The number of benzene rings is 1. The van der Waals surface area contributed by atoms with Gasteiger partial charge in [-0.2, -0.15) is 0 Å². The topological polar surface area (TPSA) is 68.1 Å². The number of anilines is 1. The van der Waals surface area contributed by atoms with E-state index in [4.69, 9.17) is 4.98 Å². The lowest BCUT2D eigenvalue weighted by atomic mass is 9.90. The Morgan fingerprint density at radius 1 is 1.14 bits per heavy atom. The lowest BCUT2D eigenvalue weighted by Crippen LogP contribution is -2.41. The third-order valence-electron chi connectivity index (χ3n) is 5.29. The molecule has 7 heteroatoms. The normalized spacial score (nSPS) is 16.6. The lowest BCUT2D eigenvalue weighted by Gasteiger charge is -2.33. The Bertz CT molecular complexity index is 1080. The van der Waals surface area contributed by atoms with Crippen LogP contribution in [0, 0.1) is 5.92 Å². The van der Waals surface area contributed by atoms with Gasteiger partial charge in [-0.25, -0.2) is 4.98 Å². The van der Waals surface area contributed by atoms with E-state index in [1.54, 1.807) is 24.0 Å². The Morgan fingerprint density at radius 2 is 1.86 bits per heavy atom. The number of pyridine rings is 1. The van der Waals surface area contributed by atoms with Gasteiger partial charge in [-0.3, -0.25) is 19.1 Å². The quantitative estimate of drug-likeness (QED) is 0.564. The SMILES string of the molecule is Cn1c(N2CCCC(C(=O)c3ccc(Br)cc3)C2)nc(-c2ccncc2)cc1=O. The van der Waals surface area contributed by atoms with Crippen LogP contribution in [0.1, 0.15) is 23.2 Å². The predicted octanol–water partition coefficient (Wildman–Crippen LogP) is 3.70. The monoisotopic (exact) mass is 452 g/mol. The van der Waals surface area contributed by atoms with Crippen molar-refractivity contribution >= 4 is 27.7 Å². The number of ketones is 1. The summed E-state index contributed by atoms with van der Waals surface area (Å²) in [6, 6.07) is 12.7. The smallest absolute Gasteiger partial charge is 0.255 e. The molecule has 0 N–H and O–H groups in total. The molecule has 1 aliphatic rings. The number of aromatic nitrogens is 3. The van der Waals surface area contributed by atoms with Crippen LogP contribution in [0.4, 0.5) is 5.95 Å². The first kappa shape index (κ1) is 19.5. The molecule has 2 aromatic heterocycles. The van der Waals surface area contributed by atoms with E-state index < -0.39 is 0 Å². The summed E-state index contributed by atoms with van der Waals surface area (Å²) < 4.78 is 2.50. The number of hydrogen-bond donors (Lipinski definition) is 0. The predicted molar refractivity (Wildman–Crippen MR) is 116 cm³/mol. The maximum absolute atomic E-state index is 13.0. The first-order valence-electron chi connectivity index (χ1n) is 9.56. The molecular formula is C22H21BrN4O2. The minimum absolute atomic E-state index is 0.119. The van der Waals surface area contributed by atoms with E-state index in [0.717, 1.165) is 29.4 Å². The van der Waals surface area contributed by atoms with E-state index in [1.807, 2.05) is 36.4 Å². The Kier molecular flexibility index (Phi) is 5.58. The number of nitrogens with zero attached hydrogens (tertiary/aromatic N) is 4. The first-order valence-corrected chi connectivity index (χ1v) is 10.4. The molecule has 0 radical (unpaired) electrons. The number of carbonyl (C=O) groups excluding carboxylic acids is 1. The maximum Gasteiger partial charge on any atom is 0.255 e. The van der Waals surface area contributed by atoms with Gasteiger partial charge in [-0.15, -0.1) is 0 Å². The van der Waals surface area contributed by atoms with Gasteiger partial charge in [-0.05, 0) is 37.1 Å². The Morgan fingerprint density at radius 3 is 2.59 bits per heavy atom. The summed E-state index contributed by atoms with van der Waals surface area (Å²) >= 11 is 3.41. The van der Waals surface area contributed by atoms with Crippen LogP contribution in [0.15, 0.2) is 64.1 Å². The van der Waals surface area contributed by atoms with Crippen LogP contribution < -0.4 is 10.5 Å². The molecule has 1 unspecified atom stereocenters. The minimum atomic E-state index is -0.122. The van der Waals surface area contributed by atoms with Crippen LogP contribution in [-0.2, 0) is 7.05 Å². The summed E-state index contributed by atoms with van der Waals surface area (Å²) in [5.41, 5.74) is 2.06. The highest BCUT2D eigenvalue weighted by molar-refractivity contribution is 9.10. The van der Waals surface area contributed by atoms with Crippen LogP contribution >= 0.6 is 15.9 Å². The van der Waals surface area contributed by atoms with E-state index in [2.05, 4.69) is 25.8 Å². The molecule has 1 aromatic carbocycles. The van der Waals surface area contributed by atoms with E-state index in [0.29, 0.717) is 23.8 Å². The minimum Gasteiger partial charge on any atom is -0.341 e. The largest absolute Gasteiger partial charge is 0.341 e. The molecule has 4 rings (SSSR count). The van der Waals surface area contributed by atoms with Crippen molar-refractivity contribution in [1.29, 1.82) is 0 Å². The standard InChI is InChI=1S/C22H21BrN4O2/c1-26-20(28)13-19(15-8-10-24-11-9-15)25-22(26)27-12-2-3-17(14-27)21(29)16-4-6-18(23)7-5-16/h4-11,13,17H,2-3,12,14H2,1H3. The van der Waals surface area contributed by atoms with Gasteiger partial charge in [0.15, 0.2) is 5.78 Å². The lowest BCUT2D eigenvalue weighted by molar-refractivity contribution is 0.0906. The fraction of sp³-hybridized carbons (Fsp3) is 0.273. The number of rotatable bonds is 4. The molecular weight excluding hydrogens is 432 g/mol. The molecule has 148 valence electrons. The van der Waals surface area contributed by atoms with Gasteiger partial charge >= 0.3 is 0 Å². The zero-order chi connectivity index (χ0) is 20.4. The Hall–Kier alpha value is -2.80. The van der Waals surface area contributed by atoms with Crippen molar-refractivity contribution in [1.82, 2.24) is 14.5 Å². The van der Waals surface area contributed by atoms with Gasteiger partial charge < -0.3 is 4.90 Å². The highest BCUT2D eigenvalue weighted by Crippen LogP contribution is 2.26. The summed E-state index contributed by atoms with van der Waals surface area (Å²) in [4.78, 5) is 36.4. The van der Waals surface area contributed by atoms with Crippen molar-refractivity contribution in [3.63, 3.8) is 0 Å². The first-order chi connectivity index (χ1) is 14.0. The zero-order valence-electron chi connectivity index (χ0n) is 16.1. The summed E-state index contributed by atoms with van der Waals surface area (Å²) in [5, 5.41) is 0. The average molecular weight is 453 g/mol. The van der Waals surface area contributed by atoms with Crippen LogP contribution in [0.5, 0.6) is 0 Å². The molecule has 29 heavy (non-hydrogen) atoms. The van der Waals surface area contributed by atoms with Crippen LogP contribution in [0.3, 0.4) is 0 Å². The summed E-state index contributed by atoms with van der Waals surface area (Å²) in [5.74, 6) is 0.613. The van der Waals surface area contributed by atoms with Crippen LogP contribution in [0.2, 0.25) is 0 Å². The van der Waals surface area contributed by atoms with Gasteiger partial charge in [0.05, 0.1) is 5.69 Å². The van der Waals surface area contributed by atoms with Crippen molar-refractivity contribution < 1.29 is 4.79 Å². The number of hydrogen-bond acceptors (Lipinski definition) is 5. The van der Waals surface area contributed by atoms with E-state index in [-0.39, 0.29) is 17.3 Å². The molecule has 0 bridgehead atoms. The number of piperidine rings is 1. The van der Waals surface area contributed by atoms with Crippen LogP contribution in [-0.4, -0.2) is 33.4 Å². The highest BCUT2D eigenvalue weighted by atomic mass is 79.9. The van der Waals surface area contributed by atoms with E-state index >= 15 is 0 Å². The Balaban J connectivity index is 1.63.